The van der Waals surface area contributed by atoms with Gasteiger partial charge < -0.3 is 21.1 Å². The van der Waals surface area contributed by atoms with E-state index in [0.29, 0.717) is 18.5 Å². The lowest BCUT2D eigenvalue weighted by Gasteiger charge is -2.20. The van der Waals surface area contributed by atoms with Crippen LogP contribution in [0.4, 0.5) is 5.69 Å². The van der Waals surface area contributed by atoms with Gasteiger partial charge in [0.2, 0.25) is 5.91 Å². The second-order valence-corrected chi connectivity index (χ2v) is 5.54. The average molecular weight is 342 g/mol. The number of hydrogen-bond acceptors (Lipinski definition) is 5. The van der Waals surface area contributed by atoms with Crippen LogP contribution in [0, 0.1) is 17.2 Å². The van der Waals surface area contributed by atoms with Crippen molar-refractivity contribution in [3.8, 4) is 6.07 Å². The molecule has 8 heteroatoms. The number of carbonyl (C=O) groups excluding carboxylic acids is 2. The van der Waals surface area contributed by atoms with Crippen LogP contribution in [0.3, 0.4) is 0 Å². The quantitative estimate of drug-likeness (QED) is 0.463. The molecule has 0 atom stereocenters. The molecule has 0 unspecified atom stereocenters. The van der Waals surface area contributed by atoms with Gasteiger partial charge in [0.05, 0.1) is 5.56 Å². The van der Waals surface area contributed by atoms with Crippen molar-refractivity contribution >= 4 is 23.5 Å². The fraction of sp³-hybridized carbons (Fsp3) is 0.294. The largest absolute Gasteiger partial charge is 0.478 e. The SMILES string of the molecule is N#C/C(=C/NC(=O)C1CCNCC1)C(=O)Nc1ccc(C(=O)O)cc1. The molecular formula is C17H18N4O4. The molecule has 2 amide bonds. The maximum atomic E-state index is 12.1. The van der Waals surface area contributed by atoms with E-state index in [1.807, 2.05) is 0 Å². The smallest absolute Gasteiger partial charge is 0.335 e. The van der Waals surface area contributed by atoms with Crippen molar-refractivity contribution in [3.05, 3.63) is 41.6 Å². The molecule has 8 nitrogen and oxygen atoms in total. The number of carboxylic acid groups (broad SMARTS) is 1. The zero-order valence-corrected chi connectivity index (χ0v) is 13.4. The number of amides is 2. The number of benzene rings is 1. The first-order valence-electron chi connectivity index (χ1n) is 7.77. The van der Waals surface area contributed by atoms with Crippen LogP contribution >= 0.6 is 0 Å². The molecular weight excluding hydrogens is 324 g/mol. The molecule has 1 aromatic carbocycles. The summed E-state index contributed by atoms with van der Waals surface area (Å²) in [6.45, 7) is 1.53. The van der Waals surface area contributed by atoms with Gasteiger partial charge in [-0.3, -0.25) is 9.59 Å². The molecule has 0 bridgehead atoms. The van der Waals surface area contributed by atoms with E-state index in [4.69, 9.17) is 10.4 Å². The minimum atomic E-state index is -1.07. The summed E-state index contributed by atoms with van der Waals surface area (Å²) in [5.41, 5.74) is 0.189. The molecule has 0 spiro atoms. The Labute approximate surface area is 144 Å². The van der Waals surface area contributed by atoms with Gasteiger partial charge in [-0.05, 0) is 50.2 Å². The highest BCUT2D eigenvalue weighted by atomic mass is 16.4. The zero-order chi connectivity index (χ0) is 18.2. The van der Waals surface area contributed by atoms with E-state index >= 15 is 0 Å². The Hall–Kier alpha value is -3.18. The van der Waals surface area contributed by atoms with E-state index < -0.39 is 11.9 Å². The third-order valence-corrected chi connectivity index (χ3v) is 3.82. The standard InChI is InChI=1S/C17H18N4O4/c18-9-13(10-20-15(22)11-5-7-19-8-6-11)16(23)21-14-3-1-12(2-4-14)17(24)25/h1-4,10-11,19H,5-8H2,(H,20,22)(H,21,23)(H,24,25)/b13-10-. The highest BCUT2D eigenvalue weighted by Crippen LogP contribution is 2.12. The molecule has 0 radical (unpaired) electrons. The predicted molar refractivity (Wildman–Crippen MR) is 89.5 cm³/mol. The van der Waals surface area contributed by atoms with Crippen LogP contribution in [-0.2, 0) is 9.59 Å². The zero-order valence-electron chi connectivity index (χ0n) is 13.4. The van der Waals surface area contributed by atoms with Crippen LogP contribution in [0.25, 0.3) is 0 Å². The molecule has 130 valence electrons. The van der Waals surface area contributed by atoms with Crippen molar-refractivity contribution in [3.63, 3.8) is 0 Å². The van der Waals surface area contributed by atoms with E-state index in [9.17, 15) is 14.4 Å². The first-order chi connectivity index (χ1) is 12.0. The average Bonchev–Trinajstić information content (AvgIpc) is 2.63. The second-order valence-electron chi connectivity index (χ2n) is 5.54. The minimum Gasteiger partial charge on any atom is -0.478 e. The monoisotopic (exact) mass is 342 g/mol. The molecule has 1 aliphatic heterocycles. The summed E-state index contributed by atoms with van der Waals surface area (Å²) in [5, 5.41) is 26.1. The molecule has 1 heterocycles. The number of anilines is 1. The minimum absolute atomic E-state index is 0.0864. The summed E-state index contributed by atoms with van der Waals surface area (Å²) < 4.78 is 0. The van der Waals surface area contributed by atoms with Crippen LogP contribution in [-0.4, -0.2) is 36.0 Å². The third-order valence-electron chi connectivity index (χ3n) is 3.82. The molecule has 25 heavy (non-hydrogen) atoms. The van der Waals surface area contributed by atoms with Crippen LogP contribution < -0.4 is 16.0 Å². The van der Waals surface area contributed by atoms with Gasteiger partial charge in [-0.25, -0.2) is 4.79 Å². The topological polar surface area (TPSA) is 131 Å². The molecule has 1 saturated heterocycles. The Kier molecular flexibility index (Phi) is 6.26. The summed E-state index contributed by atoms with van der Waals surface area (Å²) in [6, 6.07) is 7.26. The van der Waals surface area contributed by atoms with Gasteiger partial charge in [0.15, 0.2) is 0 Å². The number of nitriles is 1. The highest BCUT2D eigenvalue weighted by Gasteiger charge is 2.20. The number of rotatable bonds is 5. The van der Waals surface area contributed by atoms with Crippen molar-refractivity contribution in [2.24, 2.45) is 5.92 Å². The lowest BCUT2D eigenvalue weighted by Crippen LogP contribution is -2.36. The van der Waals surface area contributed by atoms with Crippen LogP contribution in [0.5, 0.6) is 0 Å². The third kappa shape index (κ3) is 5.16. The van der Waals surface area contributed by atoms with Crippen molar-refractivity contribution in [2.45, 2.75) is 12.8 Å². The van der Waals surface area contributed by atoms with Crippen molar-refractivity contribution in [1.29, 1.82) is 5.26 Å². The summed E-state index contributed by atoms with van der Waals surface area (Å²) in [4.78, 5) is 34.9. The molecule has 0 saturated carbocycles. The molecule has 1 fully saturated rings. The predicted octanol–water partition coefficient (Wildman–Crippen LogP) is 0.847. The molecule has 1 aliphatic rings. The lowest BCUT2D eigenvalue weighted by atomic mass is 9.97. The van der Waals surface area contributed by atoms with E-state index in [0.717, 1.165) is 19.3 Å². The summed E-state index contributed by atoms with van der Waals surface area (Å²) in [6.07, 6.45) is 2.53. The molecule has 0 aliphatic carbocycles. The van der Waals surface area contributed by atoms with E-state index in [1.54, 1.807) is 6.07 Å². The number of piperidine rings is 1. The Morgan fingerprint density at radius 2 is 1.84 bits per heavy atom. The fourth-order valence-electron chi connectivity index (χ4n) is 2.39. The number of nitrogens with zero attached hydrogens (tertiary/aromatic N) is 1. The maximum Gasteiger partial charge on any atom is 0.335 e. The van der Waals surface area contributed by atoms with Gasteiger partial charge in [0.25, 0.3) is 5.91 Å². The van der Waals surface area contributed by atoms with Gasteiger partial charge in [0.1, 0.15) is 11.6 Å². The Balaban J connectivity index is 1.96. The number of aromatic carboxylic acids is 1. The number of carbonyl (C=O) groups is 3. The van der Waals surface area contributed by atoms with Gasteiger partial charge >= 0.3 is 5.97 Å². The van der Waals surface area contributed by atoms with Crippen LogP contribution in [0.2, 0.25) is 0 Å². The maximum absolute atomic E-state index is 12.1. The van der Waals surface area contributed by atoms with Crippen molar-refractivity contribution in [1.82, 2.24) is 10.6 Å². The summed E-state index contributed by atoms with van der Waals surface area (Å²) >= 11 is 0. The molecule has 2 rings (SSSR count). The summed E-state index contributed by atoms with van der Waals surface area (Å²) in [7, 11) is 0. The van der Waals surface area contributed by atoms with Crippen LogP contribution in [0.15, 0.2) is 36.0 Å². The normalized spacial score (nSPS) is 15.1. The van der Waals surface area contributed by atoms with Gasteiger partial charge in [-0.2, -0.15) is 5.26 Å². The molecule has 0 aromatic heterocycles. The number of carboxylic acids is 1. The molecule has 4 N–H and O–H groups in total. The van der Waals surface area contributed by atoms with Crippen molar-refractivity contribution in [2.75, 3.05) is 18.4 Å². The van der Waals surface area contributed by atoms with E-state index in [2.05, 4.69) is 16.0 Å². The van der Waals surface area contributed by atoms with Crippen molar-refractivity contribution < 1.29 is 19.5 Å². The number of nitrogens with one attached hydrogen (secondary N) is 3. The Morgan fingerprint density at radius 1 is 1.20 bits per heavy atom. The van der Waals surface area contributed by atoms with Gasteiger partial charge in [-0.15, -0.1) is 0 Å². The molecule has 1 aromatic rings. The second kappa shape index (κ2) is 8.61. The van der Waals surface area contributed by atoms with E-state index in [1.165, 1.54) is 24.3 Å². The summed E-state index contributed by atoms with van der Waals surface area (Å²) in [5.74, 6) is -2.11. The number of hydrogen-bond donors (Lipinski definition) is 4. The Morgan fingerprint density at radius 3 is 2.40 bits per heavy atom. The van der Waals surface area contributed by atoms with Gasteiger partial charge in [-0.1, -0.05) is 0 Å². The lowest BCUT2D eigenvalue weighted by molar-refractivity contribution is -0.124. The first kappa shape index (κ1) is 18.2. The Bertz CT molecular complexity index is 728. The van der Waals surface area contributed by atoms with E-state index in [-0.39, 0.29) is 23.0 Å². The first-order valence-corrected chi connectivity index (χ1v) is 7.77. The fourth-order valence-corrected chi connectivity index (χ4v) is 2.39. The van der Waals surface area contributed by atoms with Gasteiger partial charge in [0, 0.05) is 17.8 Å². The highest BCUT2D eigenvalue weighted by molar-refractivity contribution is 6.07. The van der Waals surface area contributed by atoms with Crippen LogP contribution in [0.1, 0.15) is 23.2 Å².